The highest BCUT2D eigenvalue weighted by Gasteiger charge is 2.32. The molecule has 16 heavy (non-hydrogen) atoms. The van der Waals surface area contributed by atoms with E-state index < -0.39 is 0 Å². The van der Waals surface area contributed by atoms with Crippen LogP contribution in [0.5, 0.6) is 5.75 Å². The average molecular weight is 284 g/mol. The van der Waals surface area contributed by atoms with Crippen LogP contribution in [0.4, 0.5) is 0 Å². The minimum atomic E-state index is -0.123. The standard InChI is InChI=1S/C12H14BrNO2/c1-7-4-9(7)6-14-12(16)8-2-3-10(13)11(15)5-8/h2-3,5,7,9,15H,4,6H2,1H3,(H,14,16). The first kappa shape index (κ1) is 11.5. The number of phenols is 1. The molecule has 1 aromatic rings. The van der Waals surface area contributed by atoms with Crippen LogP contribution in [0.2, 0.25) is 0 Å². The Morgan fingerprint density at radius 3 is 2.88 bits per heavy atom. The van der Waals surface area contributed by atoms with Crippen molar-refractivity contribution in [2.75, 3.05) is 6.54 Å². The van der Waals surface area contributed by atoms with Crippen LogP contribution in [0.25, 0.3) is 0 Å². The lowest BCUT2D eigenvalue weighted by Gasteiger charge is -2.05. The number of nitrogens with one attached hydrogen (secondary N) is 1. The summed E-state index contributed by atoms with van der Waals surface area (Å²) in [7, 11) is 0. The van der Waals surface area contributed by atoms with Crippen molar-refractivity contribution in [1.29, 1.82) is 0 Å². The molecular formula is C12H14BrNO2. The Kier molecular flexibility index (Phi) is 3.19. The molecular weight excluding hydrogens is 270 g/mol. The maximum absolute atomic E-state index is 11.7. The lowest BCUT2D eigenvalue weighted by Crippen LogP contribution is -2.25. The maximum Gasteiger partial charge on any atom is 0.251 e. The number of hydrogen-bond donors (Lipinski definition) is 2. The molecule has 0 saturated heterocycles. The number of aromatic hydroxyl groups is 1. The molecule has 86 valence electrons. The summed E-state index contributed by atoms with van der Waals surface area (Å²) in [6, 6.07) is 4.83. The van der Waals surface area contributed by atoms with Crippen molar-refractivity contribution in [3.05, 3.63) is 28.2 Å². The lowest BCUT2D eigenvalue weighted by molar-refractivity contribution is 0.0951. The Balaban J connectivity index is 1.95. The van der Waals surface area contributed by atoms with Gasteiger partial charge in [0, 0.05) is 12.1 Å². The normalized spacial score (nSPS) is 22.9. The first-order valence-electron chi connectivity index (χ1n) is 5.34. The van der Waals surface area contributed by atoms with Crippen LogP contribution in [-0.4, -0.2) is 17.6 Å². The maximum atomic E-state index is 11.7. The fraction of sp³-hybridized carbons (Fsp3) is 0.417. The summed E-state index contributed by atoms with van der Waals surface area (Å²) in [5.41, 5.74) is 0.494. The van der Waals surface area contributed by atoms with Crippen LogP contribution in [0, 0.1) is 11.8 Å². The van der Waals surface area contributed by atoms with Crippen molar-refractivity contribution in [3.8, 4) is 5.75 Å². The van der Waals surface area contributed by atoms with E-state index >= 15 is 0 Å². The Bertz CT molecular complexity index is 419. The van der Waals surface area contributed by atoms with Gasteiger partial charge in [-0.1, -0.05) is 6.92 Å². The minimum Gasteiger partial charge on any atom is -0.507 e. The van der Waals surface area contributed by atoms with Crippen LogP contribution in [0.15, 0.2) is 22.7 Å². The molecule has 2 atom stereocenters. The number of carbonyl (C=O) groups is 1. The predicted octanol–water partition coefficient (Wildman–Crippen LogP) is 2.54. The third kappa shape index (κ3) is 2.55. The van der Waals surface area contributed by atoms with Crippen LogP contribution in [0.1, 0.15) is 23.7 Å². The van der Waals surface area contributed by atoms with E-state index in [-0.39, 0.29) is 11.7 Å². The Hall–Kier alpha value is -1.03. The van der Waals surface area contributed by atoms with E-state index in [1.165, 1.54) is 12.5 Å². The Morgan fingerprint density at radius 2 is 2.31 bits per heavy atom. The van der Waals surface area contributed by atoms with Gasteiger partial charge in [-0.15, -0.1) is 0 Å². The van der Waals surface area contributed by atoms with E-state index in [1.54, 1.807) is 12.1 Å². The molecule has 0 spiro atoms. The van der Waals surface area contributed by atoms with Crippen LogP contribution >= 0.6 is 15.9 Å². The minimum absolute atomic E-state index is 0.0902. The zero-order valence-corrected chi connectivity index (χ0v) is 10.6. The fourth-order valence-electron chi connectivity index (χ4n) is 1.66. The van der Waals surface area contributed by atoms with E-state index in [1.807, 2.05) is 0 Å². The molecule has 1 saturated carbocycles. The highest BCUT2D eigenvalue weighted by Crippen LogP contribution is 2.36. The second-order valence-corrected chi connectivity index (χ2v) is 5.20. The number of halogens is 1. The van der Waals surface area contributed by atoms with Gasteiger partial charge in [-0.3, -0.25) is 4.79 Å². The molecule has 2 rings (SSSR count). The van der Waals surface area contributed by atoms with Crippen LogP contribution < -0.4 is 5.32 Å². The molecule has 2 unspecified atom stereocenters. The van der Waals surface area contributed by atoms with E-state index in [9.17, 15) is 9.90 Å². The van der Waals surface area contributed by atoms with Gasteiger partial charge < -0.3 is 10.4 Å². The van der Waals surface area contributed by atoms with Gasteiger partial charge in [0.05, 0.1) is 4.47 Å². The molecule has 4 heteroatoms. The van der Waals surface area contributed by atoms with Crippen molar-refractivity contribution in [3.63, 3.8) is 0 Å². The number of phenolic OH excluding ortho intramolecular Hbond substituents is 1. The number of benzene rings is 1. The Morgan fingerprint density at radius 1 is 1.62 bits per heavy atom. The Labute approximate surface area is 103 Å². The van der Waals surface area contributed by atoms with Gasteiger partial charge in [0.2, 0.25) is 0 Å². The van der Waals surface area contributed by atoms with Gasteiger partial charge >= 0.3 is 0 Å². The molecule has 2 N–H and O–H groups in total. The van der Waals surface area contributed by atoms with Crippen LogP contribution in [-0.2, 0) is 0 Å². The highest BCUT2D eigenvalue weighted by atomic mass is 79.9. The van der Waals surface area contributed by atoms with Gasteiger partial charge in [-0.05, 0) is 52.4 Å². The summed E-state index contributed by atoms with van der Waals surface area (Å²) in [5.74, 6) is 1.33. The van der Waals surface area contributed by atoms with E-state index in [0.29, 0.717) is 16.0 Å². The molecule has 0 radical (unpaired) electrons. The van der Waals surface area contributed by atoms with Crippen molar-refractivity contribution in [2.24, 2.45) is 11.8 Å². The van der Waals surface area contributed by atoms with E-state index in [4.69, 9.17) is 0 Å². The van der Waals surface area contributed by atoms with Gasteiger partial charge in [0.25, 0.3) is 5.91 Å². The summed E-state index contributed by atoms with van der Waals surface area (Å²) in [6.07, 6.45) is 1.20. The molecule has 1 aromatic carbocycles. The monoisotopic (exact) mass is 283 g/mol. The topological polar surface area (TPSA) is 49.3 Å². The number of hydrogen-bond acceptors (Lipinski definition) is 2. The lowest BCUT2D eigenvalue weighted by atomic mass is 10.2. The van der Waals surface area contributed by atoms with E-state index in [0.717, 1.165) is 12.5 Å². The van der Waals surface area contributed by atoms with Gasteiger partial charge in [-0.25, -0.2) is 0 Å². The third-order valence-corrected chi connectivity index (χ3v) is 3.68. The summed E-state index contributed by atoms with van der Waals surface area (Å²) >= 11 is 3.18. The van der Waals surface area contributed by atoms with Crippen molar-refractivity contribution in [1.82, 2.24) is 5.32 Å². The van der Waals surface area contributed by atoms with Crippen molar-refractivity contribution < 1.29 is 9.90 Å². The summed E-state index contributed by atoms with van der Waals surface area (Å²) in [6.45, 7) is 2.92. The highest BCUT2D eigenvalue weighted by molar-refractivity contribution is 9.10. The smallest absolute Gasteiger partial charge is 0.251 e. The molecule has 0 heterocycles. The van der Waals surface area contributed by atoms with Gasteiger partial charge in [0.15, 0.2) is 0 Å². The zero-order valence-electron chi connectivity index (χ0n) is 9.03. The largest absolute Gasteiger partial charge is 0.507 e. The number of rotatable bonds is 3. The molecule has 0 aromatic heterocycles. The first-order valence-corrected chi connectivity index (χ1v) is 6.14. The van der Waals surface area contributed by atoms with Crippen LogP contribution in [0.3, 0.4) is 0 Å². The van der Waals surface area contributed by atoms with Gasteiger partial charge in [0.1, 0.15) is 5.75 Å². The molecule has 1 amide bonds. The summed E-state index contributed by atoms with van der Waals surface area (Å²) < 4.78 is 0.597. The quantitative estimate of drug-likeness (QED) is 0.896. The predicted molar refractivity (Wildman–Crippen MR) is 65.4 cm³/mol. The third-order valence-electron chi connectivity index (χ3n) is 3.01. The molecule has 1 aliphatic carbocycles. The SMILES string of the molecule is CC1CC1CNC(=O)c1ccc(Br)c(O)c1. The number of amides is 1. The molecule has 1 fully saturated rings. The van der Waals surface area contributed by atoms with E-state index in [2.05, 4.69) is 28.2 Å². The van der Waals surface area contributed by atoms with Gasteiger partial charge in [-0.2, -0.15) is 0 Å². The molecule has 1 aliphatic rings. The summed E-state index contributed by atoms with van der Waals surface area (Å²) in [5, 5.41) is 12.3. The summed E-state index contributed by atoms with van der Waals surface area (Å²) in [4.78, 5) is 11.7. The van der Waals surface area contributed by atoms with Crippen molar-refractivity contribution in [2.45, 2.75) is 13.3 Å². The second kappa shape index (κ2) is 4.45. The first-order chi connectivity index (χ1) is 7.58. The number of carbonyl (C=O) groups excluding carboxylic acids is 1. The fourth-order valence-corrected chi connectivity index (χ4v) is 1.91. The van der Waals surface area contributed by atoms with Crippen molar-refractivity contribution >= 4 is 21.8 Å². The molecule has 0 bridgehead atoms. The molecule has 0 aliphatic heterocycles. The average Bonchev–Trinajstić information content (AvgIpc) is 2.95. The zero-order chi connectivity index (χ0) is 11.7. The second-order valence-electron chi connectivity index (χ2n) is 4.35. The molecule has 3 nitrogen and oxygen atoms in total.